The summed E-state index contributed by atoms with van der Waals surface area (Å²) in [4.78, 5) is 35.7. The maximum atomic E-state index is 11.6. The fourth-order valence-electron chi connectivity index (χ4n) is 2.20. The number of esters is 1. The Bertz CT molecular complexity index is 339. The highest BCUT2D eigenvalue weighted by Gasteiger charge is 2.26. The minimum atomic E-state index is -0.797. The van der Waals surface area contributed by atoms with E-state index in [1.54, 1.807) is 4.90 Å². The van der Waals surface area contributed by atoms with Gasteiger partial charge in [0.1, 0.15) is 0 Å². The molecule has 0 spiro atoms. The number of rotatable bonds is 5. The van der Waals surface area contributed by atoms with Gasteiger partial charge < -0.3 is 9.47 Å². The summed E-state index contributed by atoms with van der Waals surface area (Å²) >= 11 is 0. The summed E-state index contributed by atoms with van der Waals surface area (Å²) in [6.07, 6.45) is 3.27. The lowest BCUT2D eigenvalue weighted by molar-refractivity contribution is -0.142. The van der Waals surface area contributed by atoms with E-state index in [9.17, 15) is 14.4 Å². The minimum absolute atomic E-state index is 0.0190. The van der Waals surface area contributed by atoms with E-state index in [0.29, 0.717) is 0 Å². The third-order valence-corrected chi connectivity index (χ3v) is 3.17. The number of imide groups is 1. The van der Waals surface area contributed by atoms with Gasteiger partial charge in [-0.05, 0) is 12.8 Å². The average Bonchev–Trinajstić information content (AvgIpc) is 2.91. The van der Waals surface area contributed by atoms with E-state index in [2.05, 4.69) is 14.8 Å². The van der Waals surface area contributed by atoms with Gasteiger partial charge in [0.2, 0.25) is 5.91 Å². The molecular weight excluding hydrogens is 252 g/mol. The van der Waals surface area contributed by atoms with Crippen LogP contribution in [0.4, 0.5) is 4.79 Å². The summed E-state index contributed by atoms with van der Waals surface area (Å²) in [5.41, 5.74) is 0. The number of hydrogen-bond acceptors (Lipinski definition) is 6. The van der Waals surface area contributed by atoms with Gasteiger partial charge in [-0.1, -0.05) is 12.8 Å². The largest absolute Gasteiger partial charge is 0.468 e. The van der Waals surface area contributed by atoms with Crippen molar-refractivity contribution in [1.29, 1.82) is 0 Å². The normalized spacial score (nSPS) is 15.3. The van der Waals surface area contributed by atoms with Crippen molar-refractivity contribution in [3.63, 3.8) is 0 Å². The zero-order valence-corrected chi connectivity index (χ0v) is 11.3. The molecule has 0 atom stereocenters. The summed E-state index contributed by atoms with van der Waals surface area (Å²) in [5.74, 6) is -0.875. The molecule has 108 valence electrons. The second-order valence-corrected chi connectivity index (χ2v) is 4.46. The van der Waals surface area contributed by atoms with Crippen molar-refractivity contribution in [1.82, 2.24) is 10.2 Å². The Labute approximate surface area is 112 Å². The third-order valence-electron chi connectivity index (χ3n) is 3.17. The fourth-order valence-corrected chi connectivity index (χ4v) is 2.20. The van der Waals surface area contributed by atoms with Crippen molar-refractivity contribution >= 4 is 18.0 Å². The van der Waals surface area contributed by atoms with Crippen molar-refractivity contribution in [2.24, 2.45) is 0 Å². The van der Waals surface area contributed by atoms with Crippen LogP contribution in [0.15, 0.2) is 0 Å². The maximum Gasteiger partial charge on any atom is 0.413 e. The van der Waals surface area contributed by atoms with Crippen LogP contribution >= 0.6 is 0 Å². The van der Waals surface area contributed by atoms with Crippen LogP contribution in [0.25, 0.3) is 0 Å². The highest BCUT2D eigenvalue weighted by Crippen LogP contribution is 2.23. The molecule has 1 fully saturated rings. The molecule has 0 aliphatic heterocycles. The molecule has 19 heavy (non-hydrogen) atoms. The van der Waals surface area contributed by atoms with E-state index < -0.39 is 18.0 Å². The highest BCUT2D eigenvalue weighted by atomic mass is 16.5. The van der Waals surface area contributed by atoms with E-state index in [1.165, 1.54) is 14.2 Å². The number of methoxy groups -OCH3 is 2. The molecule has 7 heteroatoms. The molecule has 2 amide bonds. The van der Waals surface area contributed by atoms with Gasteiger partial charge in [-0.3, -0.25) is 19.8 Å². The molecule has 1 saturated carbocycles. The van der Waals surface area contributed by atoms with E-state index in [0.717, 1.165) is 25.7 Å². The summed E-state index contributed by atoms with van der Waals surface area (Å²) in [6, 6.07) is 0.183. The van der Waals surface area contributed by atoms with Gasteiger partial charge in [0.25, 0.3) is 0 Å². The lowest BCUT2D eigenvalue weighted by atomic mass is 10.2. The van der Waals surface area contributed by atoms with Gasteiger partial charge in [-0.15, -0.1) is 0 Å². The van der Waals surface area contributed by atoms with Crippen LogP contribution in [0.5, 0.6) is 0 Å². The van der Waals surface area contributed by atoms with Crippen LogP contribution < -0.4 is 5.32 Å². The topological polar surface area (TPSA) is 84.9 Å². The predicted octanol–water partition coefficient (Wildman–Crippen LogP) is 0.287. The minimum Gasteiger partial charge on any atom is -0.468 e. The van der Waals surface area contributed by atoms with E-state index >= 15 is 0 Å². The van der Waals surface area contributed by atoms with Crippen LogP contribution in [0, 0.1) is 0 Å². The first-order valence-corrected chi connectivity index (χ1v) is 6.25. The molecule has 0 bridgehead atoms. The van der Waals surface area contributed by atoms with Crippen molar-refractivity contribution in [3.8, 4) is 0 Å². The number of ether oxygens (including phenoxy) is 2. The summed E-state index contributed by atoms with van der Waals surface area (Å²) in [6.45, 7) is 0.0324. The van der Waals surface area contributed by atoms with E-state index in [4.69, 9.17) is 0 Å². The molecule has 7 nitrogen and oxygen atoms in total. The number of carbonyl (C=O) groups excluding carboxylic acids is 3. The standard InChI is InChI=1S/C12H20N2O5/c1-18-11(16)8-14(9-5-3-4-6-9)7-10(15)13-12(17)19-2/h9H,3-8H2,1-2H3,(H,13,15,17). The first kappa shape index (κ1) is 15.4. The van der Waals surface area contributed by atoms with Crippen molar-refractivity contribution in [2.45, 2.75) is 31.7 Å². The van der Waals surface area contributed by atoms with Gasteiger partial charge in [-0.2, -0.15) is 0 Å². The monoisotopic (exact) mass is 272 g/mol. The van der Waals surface area contributed by atoms with Gasteiger partial charge in [0, 0.05) is 6.04 Å². The molecule has 0 heterocycles. The predicted molar refractivity (Wildman–Crippen MR) is 66.4 cm³/mol. The van der Waals surface area contributed by atoms with Crippen molar-refractivity contribution < 1.29 is 23.9 Å². The Morgan fingerprint density at radius 1 is 1.11 bits per heavy atom. The van der Waals surface area contributed by atoms with Gasteiger partial charge in [0.15, 0.2) is 0 Å². The summed E-state index contributed by atoms with van der Waals surface area (Å²) in [5, 5.41) is 2.08. The molecule has 1 N–H and O–H groups in total. The van der Waals surface area contributed by atoms with Crippen LogP contribution in [-0.2, 0) is 19.1 Å². The zero-order chi connectivity index (χ0) is 14.3. The van der Waals surface area contributed by atoms with E-state index in [-0.39, 0.29) is 19.1 Å². The lowest BCUT2D eigenvalue weighted by Gasteiger charge is -2.26. The molecule has 1 aliphatic rings. The Kier molecular flexibility index (Phi) is 6.27. The zero-order valence-electron chi connectivity index (χ0n) is 11.3. The summed E-state index contributed by atoms with van der Waals surface area (Å²) < 4.78 is 8.97. The molecule has 0 unspecified atom stereocenters. The van der Waals surface area contributed by atoms with Crippen LogP contribution in [-0.4, -0.2) is 56.2 Å². The fraction of sp³-hybridized carbons (Fsp3) is 0.750. The van der Waals surface area contributed by atoms with Crippen LogP contribution in [0.1, 0.15) is 25.7 Å². The van der Waals surface area contributed by atoms with E-state index in [1.807, 2.05) is 0 Å². The molecular formula is C12H20N2O5. The lowest BCUT2D eigenvalue weighted by Crippen LogP contribution is -2.46. The van der Waals surface area contributed by atoms with Gasteiger partial charge in [0.05, 0.1) is 27.3 Å². The highest BCUT2D eigenvalue weighted by molar-refractivity contribution is 5.93. The molecule has 0 aromatic rings. The number of carbonyl (C=O) groups is 3. The Morgan fingerprint density at radius 2 is 1.74 bits per heavy atom. The molecule has 1 aliphatic carbocycles. The Balaban J connectivity index is 2.54. The van der Waals surface area contributed by atoms with Gasteiger partial charge >= 0.3 is 12.1 Å². The number of alkyl carbamates (subject to hydrolysis) is 1. The van der Waals surface area contributed by atoms with Crippen LogP contribution in [0.3, 0.4) is 0 Å². The molecule has 0 aromatic carbocycles. The SMILES string of the molecule is COC(=O)CN(CC(=O)NC(=O)OC)C1CCCC1. The molecule has 1 rings (SSSR count). The maximum absolute atomic E-state index is 11.6. The number of nitrogens with one attached hydrogen (secondary N) is 1. The second-order valence-electron chi connectivity index (χ2n) is 4.46. The van der Waals surface area contributed by atoms with Gasteiger partial charge in [-0.25, -0.2) is 4.79 Å². The smallest absolute Gasteiger partial charge is 0.413 e. The Morgan fingerprint density at radius 3 is 2.26 bits per heavy atom. The molecule has 0 radical (unpaired) electrons. The number of hydrogen-bond donors (Lipinski definition) is 1. The molecule has 0 saturated heterocycles. The number of nitrogens with zero attached hydrogens (tertiary/aromatic N) is 1. The summed E-state index contributed by atoms with van der Waals surface area (Å²) in [7, 11) is 2.50. The second kappa shape index (κ2) is 7.73. The Hall–Kier alpha value is -1.63. The van der Waals surface area contributed by atoms with Crippen LogP contribution in [0.2, 0.25) is 0 Å². The average molecular weight is 272 g/mol. The third kappa shape index (κ3) is 5.25. The number of amides is 2. The first-order valence-electron chi connectivity index (χ1n) is 6.25. The quantitative estimate of drug-likeness (QED) is 0.724. The van der Waals surface area contributed by atoms with Crippen molar-refractivity contribution in [2.75, 3.05) is 27.3 Å². The van der Waals surface area contributed by atoms with Crippen molar-refractivity contribution in [3.05, 3.63) is 0 Å². The molecule has 0 aromatic heterocycles. The first-order chi connectivity index (χ1) is 9.06.